The molecular formula is C17H25N3. The van der Waals surface area contributed by atoms with Gasteiger partial charge in [-0.15, -0.1) is 0 Å². The third kappa shape index (κ3) is 3.94. The lowest BCUT2D eigenvalue weighted by Gasteiger charge is -2.14. The van der Waals surface area contributed by atoms with E-state index < -0.39 is 0 Å². The quantitative estimate of drug-likeness (QED) is 0.756. The minimum atomic E-state index is 0.409. The normalized spacial score (nSPS) is 12.6. The molecule has 0 saturated heterocycles. The number of aromatic nitrogens is 2. The molecular weight excluding hydrogens is 246 g/mol. The van der Waals surface area contributed by atoms with Gasteiger partial charge < -0.3 is 5.32 Å². The van der Waals surface area contributed by atoms with Gasteiger partial charge in [0.15, 0.2) is 0 Å². The zero-order chi connectivity index (χ0) is 14.4. The molecule has 0 saturated carbocycles. The van der Waals surface area contributed by atoms with Gasteiger partial charge in [-0.3, -0.25) is 5.10 Å². The van der Waals surface area contributed by atoms with Gasteiger partial charge in [-0.2, -0.15) is 5.10 Å². The Kier molecular flexibility index (Phi) is 5.36. The summed E-state index contributed by atoms with van der Waals surface area (Å²) in [6.45, 7) is 7.52. The van der Waals surface area contributed by atoms with Crippen molar-refractivity contribution < 1.29 is 0 Å². The first kappa shape index (κ1) is 14.8. The first-order chi connectivity index (χ1) is 9.70. The molecule has 2 aromatic rings. The Morgan fingerprint density at radius 1 is 1.25 bits per heavy atom. The molecule has 0 spiro atoms. The fourth-order valence-corrected chi connectivity index (χ4v) is 2.38. The van der Waals surface area contributed by atoms with Crippen molar-refractivity contribution in [3.63, 3.8) is 0 Å². The summed E-state index contributed by atoms with van der Waals surface area (Å²) in [4.78, 5) is 0. The molecule has 2 N–H and O–H groups in total. The van der Waals surface area contributed by atoms with E-state index in [2.05, 4.69) is 60.6 Å². The maximum atomic E-state index is 4.05. The summed E-state index contributed by atoms with van der Waals surface area (Å²) < 4.78 is 0. The average molecular weight is 271 g/mol. The zero-order valence-corrected chi connectivity index (χ0v) is 12.7. The lowest BCUT2D eigenvalue weighted by Crippen LogP contribution is -2.20. The van der Waals surface area contributed by atoms with Crippen LogP contribution >= 0.6 is 0 Å². The third-order valence-corrected chi connectivity index (χ3v) is 3.90. The fourth-order valence-electron chi connectivity index (χ4n) is 2.38. The molecule has 0 aliphatic carbocycles. The Labute approximate surface area is 121 Å². The van der Waals surface area contributed by atoms with Gasteiger partial charge in [-0.05, 0) is 56.3 Å². The lowest BCUT2D eigenvalue weighted by atomic mass is 10.0. The summed E-state index contributed by atoms with van der Waals surface area (Å²) in [5, 5.41) is 10.6. The zero-order valence-electron chi connectivity index (χ0n) is 12.7. The Bertz CT molecular complexity index is 513. The van der Waals surface area contributed by atoms with Crippen LogP contribution in [0.25, 0.3) is 0 Å². The first-order valence-electron chi connectivity index (χ1n) is 7.51. The molecule has 20 heavy (non-hydrogen) atoms. The van der Waals surface area contributed by atoms with E-state index in [-0.39, 0.29) is 0 Å². The van der Waals surface area contributed by atoms with Crippen LogP contribution in [0.15, 0.2) is 30.5 Å². The number of hydrogen-bond donors (Lipinski definition) is 2. The predicted molar refractivity (Wildman–Crippen MR) is 83.9 cm³/mol. The number of aromatic amines is 1. The fraction of sp³-hybridized carbons (Fsp3) is 0.471. The molecule has 0 fully saturated rings. The second-order valence-electron chi connectivity index (χ2n) is 5.39. The highest BCUT2D eigenvalue weighted by atomic mass is 15.1. The van der Waals surface area contributed by atoms with E-state index in [1.165, 1.54) is 22.4 Å². The smallest absolute Gasteiger partial charge is 0.0522 e. The molecule has 0 aliphatic heterocycles. The first-order valence-corrected chi connectivity index (χ1v) is 7.51. The van der Waals surface area contributed by atoms with Crippen molar-refractivity contribution in [2.24, 2.45) is 0 Å². The number of nitrogens with one attached hydrogen (secondary N) is 2. The summed E-state index contributed by atoms with van der Waals surface area (Å²) >= 11 is 0. The summed E-state index contributed by atoms with van der Waals surface area (Å²) in [7, 11) is 0. The van der Waals surface area contributed by atoms with Crippen LogP contribution in [0.5, 0.6) is 0 Å². The number of rotatable bonds is 7. The predicted octanol–water partition coefficient (Wildman–Crippen LogP) is 3.56. The van der Waals surface area contributed by atoms with Gasteiger partial charge in [0.1, 0.15) is 0 Å². The molecule has 3 heteroatoms. The summed E-state index contributed by atoms with van der Waals surface area (Å²) in [6.07, 6.45) is 5.25. The van der Waals surface area contributed by atoms with Gasteiger partial charge in [0.05, 0.1) is 6.20 Å². The van der Waals surface area contributed by atoms with Gasteiger partial charge in [-0.1, -0.05) is 31.2 Å². The molecule has 1 unspecified atom stereocenters. The second-order valence-corrected chi connectivity index (χ2v) is 5.39. The molecule has 0 radical (unpaired) electrons. The van der Waals surface area contributed by atoms with E-state index in [9.17, 15) is 0 Å². The van der Waals surface area contributed by atoms with Crippen molar-refractivity contribution in [2.45, 2.75) is 46.1 Å². The molecule has 0 amide bonds. The Morgan fingerprint density at radius 2 is 2.00 bits per heavy atom. The molecule has 1 aromatic heterocycles. The third-order valence-electron chi connectivity index (χ3n) is 3.90. The van der Waals surface area contributed by atoms with Crippen molar-refractivity contribution >= 4 is 0 Å². The van der Waals surface area contributed by atoms with Crippen LogP contribution in [0.1, 0.15) is 48.7 Å². The van der Waals surface area contributed by atoms with Gasteiger partial charge >= 0.3 is 0 Å². The van der Waals surface area contributed by atoms with Crippen LogP contribution in [-0.4, -0.2) is 16.7 Å². The molecule has 0 aliphatic rings. The summed E-state index contributed by atoms with van der Waals surface area (Å²) in [5.41, 5.74) is 5.28. The molecule has 108 valence electrons. The van der Waals surface area contributed by atoms with E-state index in [0.29, 0.717) is 6.04 Å². The van der Waals surface area contributed by atoms with Gasteiger partial charge in [0, 0.05) is 11.7 Å². The Balaban J connectivity index is 1.74. The van der Waals surface area contributed by atoms with E-state index in [1.54, 1.807) is 0 Å². The topological polar surface area (TPSA) is 40.7 Å². The monoisotopic (exact) mass is 271 g/mol. The molecule has 1 aromatic carbocycles. The van der Waals surface area contributed by atoms with Crippen LogP contribution in [-0.2, 0) is 12.8 Å². The average Bonchev–Trinajstić information content (AvgIpc) is 2.89. The van der Waals surface area contributed by atoms with Crippen LogP contribution in [0, 0.1) is 6.92 Å². The highest BCUT2D eigenvalue weighted by Gasteiger charge is 2.05. The maximum absolute atomic E-state index is 4.05. The highest BCUT2D eigenvalue weighted by Crippen LogP contribution is 2.14. The van der Waals surface area contributed by atoms with Gasteiger partial charge in [0.2, 0.25) is 0 Å². The van der Waals surface area contributed by atoms with E-state index >= 15 is 0 Å². The van der Waals surface area contributed by atoms with E-state index in [4.69, 9.17) is 0 Å². The number of H-pyrrole nitrogens is 1. The molecule has 3 nitrogen and oxygen atoms in total. The Hall–Kier alpha value is -1.61. The Morgan fingerprint density at radius 3 is 2.60 bits per heavy atom. The van der Waals surface area contributed by atoms with Crippen molar-refractivity contribution in [1.82, 2.24) is 15.5 Å². The van der Waals surface area contributed by atoms with E-state index in [0.717, 1.165) is 25.8 Å². The minimum Gasteiger partial charge on any atom is -0.310 e. The summed E-state index contributed by atoms with van der Waals surface area (Å²) in [5.74, 6) is 0. The highest BCUT2D eigenvalue weighted by molar-refractivity contribution is 5.24. The largest absolute Gasteiger partial charge is 0.310 e. The number of hydrogen-bond acceptors (Lipinski definition) is 2. The molecule has 0 bridgehead atoms. The lowest BCUT2D eigenvalue weighted by molar-refractivity contribution is 0.558. The SMILES string of the molecule is CCc1ccc(C(C)NCCCc2cn[nH]c2C)cc1. The van der Waals surface area contributed by atoms with Crippen molar-refractivity contribution in [2.75, 3.05) is 6.54 Å². The van der Waals surface area contributed by atoms with Crippen LogP contribution < -0.4 is 5.32 Å². The van der Waals surface area contributed by atoms with Crippen LogP contribution in [0.2, 0.25) is 0 Å². The number of nitrogens with zero attached hydrogens (tertiary/aromatic N) is 1. The standard InChI is InChI=1S/C17H25N3/c1-4-15-7-9-16(10-8-15)13(2)18-11-5-6-17-12-19-20-14(17)3/h7-10,12-13,18H,4-6,11H2,1-3H3,(H,19,20). The van der Waals surface area contributed by atoms with Crippen LogP contribution in [0.3, 0.4) is 0 Å². The summed E-state index contributed by atoms with van der Waals surface area (Å²) in [6, 6.07) is 9.32. The molecule has 2 rings (SSSR count). The van der Waals surface area contributed by atoms with E-state index in [1.807, 2.05) is 6.20 Å². The van der Waals surface area contributed by atoms with Crippen molar-refractivity contribution in [1.29, 1.82) is 0 Å². The maximum Gasteiger partial charge on any atom is 0.0522 e. The minimum absolute atomic E-state index is 0.409. The number of benzene rings is 1. The van der Waals surface area contributed by atoms with Crippen LogP contribution in [0.4, 0.5) is 0 Å². The van der Waals surface area contributed by atoms with Gasteiger partial charge in [-0.25, -0.2) is 0 Å². The van der Waals surface area contributed by atoms with Crippen molar-refractivity contribution in [3.05, 3.63) is 52.8 Å². The molecule has 1 heterocycles. The molecule has 1 atom stereocenters. The number of aryl methyl sites for hydroxylation is 3. The van der Waals surface area contributed by atoms with Gasteiger partial charge in [0.25, 0.3) is 0 Å². The second kappa shape index (κ2) is 7.25. The van der Waals surface area contributed by atoms with Crippen molar-refractivity contribution in [3.8, 4) is 0 Å².